The molecular formula is C14H19BrO3. The van der Waals surface area contributed by atoms with E-state index in [9.17, 15) is 0 Å². The van der Waals surface area contributed by atoms with Crippen molar-refractivity contribution < 1.29 is 14.9 Å². The minimum Gasteiger partial charge on any atom is -0.474 e. The van der Waals surface area contributed by atoms with Crippen LogP contribution >= 0.6 is 15.9 Å². The number of benzene rings is 1. The van der Waals surface area contributed by atoms with E-state index in [1.54, 1.807) is 0 Å². The molecule has 0 saturated carbocycles. The van der Waals surface area contributed by atoms with Gasteiger partial charge in [0.1, 0.15) is 0 Å². The Morgan fingerprint density at radius 3 is 1.67 bits per heavy atom. The van der Waals surface area contributed by atoms with Gasteiger partial charge in [0.05, 0.1) is 25.7 Å². The quantitative estimate of drug-likeness (QED) is 0.838. The summed E-state index contributed by atoms with van der Waals surface area (Å²) in [6.45, 7) is 9.91. The summed E-state index contributed by atoms with van der Waals surface area (Å²) in [6.07, 6.45) is 4.45. The minimum absolute atomic E-state index is 0.125. The highest BCUT2D eigenvalue weighted by molar-refractivity contribution is 9.10. The molecule has 0 spiro atoms. The highest BCUT2D eigenvalue weighted by Crippen LogP contribution is 2.10. The second-order valence-electron chi connectivity index (χ2n) is 2.67. The molecule has 3 nitrogen and oxygen atoms in total. The molecule has 4 heteroatoms. The second-order valence-corrected chi connectivity index (χ2v) is 3.59. The van der Waals surface area contributed by atoms with Crippen LogP contribution in [0.2, 0.25) is 0 Å². The second kappa shape index (κ2) is 15.6. The number of hydrogen-bond acceptors (Lipinski definition) is 3. The van der Waals surface area contributed by atoms with Crippen LogP contribution in [0, 0.1) is 0 Å². The topological polar surface area (TPSA) is 49.7 Å². The first-order chi connectivity index (χ1) is 8.65. The first-order valence-corrected chi connectivity index (χ1v) is 5.92. The summed E-state index contributed by atoms with van der Waals surface area (Å²) in [6, 6.07) is 8.02. The third-order valence-corrected chi connectivity index (χ3v) is 1.93. The SMILES string of the molecule is C=COC=C.C=Cc1ccc(Br)cc1.OCCO. The third kappa shape index (κ3) is 14.6. The molecule has 2 N–H and O–H groups in total. The lowest BCUT2D eigenvalue weighted by molar-refractivity contribution is 0.186. The fourth-order valence-electron chi connectivity index (χ4n) is 0.667. The van der Waals surface area contributed by atoms with Crippen molar-refractivity contribution >= 4 is 22.0 Å². The summed E-state index contributed by atoms with van der Waals surface area (Å²) in [5.41, 5.74) is 1.15. The fraction of sp³-hybridized carbons (Fsp3) is 0.143. The van der Waals surface area contributed by atoms with E-state index in [0.717, 1.165) is 10.0 Å². The van der Waals surface area contributed by atoms with E-state index < -0.39 is 0 Å². The molecule has 18 heavy (non-hydrogen) atoms. The van der Waals surface area contributed by atoms with Gasteiger partial charge in [-0.2, -0.15) is 0 Å². The summed E-state index contributed by atoms with van der Waals surface area (Å²) < 4.78 is 5.47. The zero-order chi connectivity index (χ0) is 14.2. The molecule has 0 aromatic heterocycles. The molecule has 0 fully saturated rings. The maximum absolute atomic E-state index is 7.62. The van der Waals surface area contributed by atoms with Crippen molar-refractivity contribution in [2.45, 2.75) is 0 Å². The molecule has 0 atom stereocenters. The van der Waals surface area contributed by atoms with Crippen molar-refractivity contribution in [3.63, 3.8) is 0 Å². The monoisotopic (exact) mass is 314 g/mol. The number of halogens is 1. The summed E-state index contributed by atoms with van der Waals surface area (Å²) in [5.74, 6) is 0. The molecule has 0 aliphatic rings. The molecular weight excluding hydrogens is 296 g/mol. The van der Waals surface area contributed by atoms with Gasteiger partial charge in [-0.25, -0.2) is 0 Å². The van der Waals surface area contributed by atoms with Crippen molar-refractivity contribution in [3.05, 3.63) is 66.6 Å². The fourth-order valence-corrected chi connectivity index (χ4v) is 0.931. The number of aliphatic hydroxyl groups excluding tert-OH is 2. The Bertz CT molecular complexity index is 312. The van der Waals surface area contributed by atoms with E-state index in [1.165, 1.54) is 12.5 Å². The lowest BCUT2D eigenvalue weighted by Crippen LogP contribution is -1.85. The molecule has 0 radical (unpaired) electrons. The van der Waals surface area contributed by atoms with Gasteiger partial charge in [-0.05, 0) is 17.7 Å². The lowest BCUT2D eigenvalue weighted by Gasteiger charge is -1.90. The predicted octanol–water partition coefficient (Wildman–Crippen LogP) is 3.35. The standard InChI is InChI=1S/C8H7Br.C4H6O.C2H6O2/c1-2-7-3-5-8(9)6-4-7;1-3-5-4-2;3-1-2-4/h2-6H,1H2;3-4H,1-2H2;3-4H,1-2H2. The Balaban J connectivity index is 0. The number of aliphatic hydroxyl groups is 2. The summed E-state index contributed by atoms with van der Waals surface area (Å²) in [5, 5.41) is 15.2. The Labute approximate surface area is 117 Å². The molecule has 1 aromatic carbocycles. The largest absolute Gasteiger partial charge is 0.474 e. The Kier molecular flexibility index (Phi) is 16.5. The van der Waals surface area contributed by atoms with Crippen LogP contribution in [0.4, 0.5) is 0 Å². The first kappa shape index (κ1) is 19.0. The van der Waals surface area contributed by atoms with Gasteiger partial charge in [0, 0.05) is 4.47 Å². The normalized spacial score (nSPS) is 7.72. The molecule has 100 valence electrons. The van der Waals surface area contributed by atoms with Crippen LogP contribution in [0.15, 0.2) is 61.0 Å². The molecule has 1 aromatic rings. The molecule has 0 bridgehead atoms. The predicted molar refractivity (Wildman–Crippen MR) is 79.9 cm³/mol. The molecule has 0 aliphatic carbocycles. The van der Waals surface area contributed by atoms with Gasteiger partial charge >= 0.3 is 0 Å². The third-order valence-electron chi connectivity index (χ3n) is 1.40. The van der Waals surface area contributed by atoms with E-state index in [1.807, 2.05) is 30.3 Å². The van der Waals surface area contributed by atoms with Crippen LogP contribution in [0.25, 0.3) is 6.08 Å². The maximum atomic E-state index is 7.62. The number of hydrogen-bond donors (Lipinski definition) is 2. The highest BCUT2D eigenvalue weighted by Gasteiger charge is 1.83. The van der Waals surface area contributed by atoms with Gasteiger partial charge in [0.15, 0.2) is 0 Å². The summed E-state index contributed by atoms with van der Waals surface area (Å²) in [4.78, 5) is 0. The van der Waals surface area contributed by atoms with Crippen LogP contribution < -0.4 is 0 Å². The minimum atomic E-state index is -0.125. The van der Waals surface area contributed by atoms with E-state index in [2.05, 4.69) is 40.4 Å². The average Bonchev–Trinajstić information content (AvgIpc) is 2.41. The molecule has 0 aliphatic heterocycles. The molecule has 0 amide bonds. The van der Waals surface area contributed by atoms with Gasteiger partial charge in [0.25, 0.3) is 0 Å². The molecule has 0 saturated heterocycles. The number of ether oxygens (including phenoxy) is 1. The average molecular weight is 315 g/mol. The van der Waals surface area contributed by atoms with E-state index in [0.29, 0.717) is 0 Å². The van der Waals surface area contributed by atoms with Gasteiger partial charge in [-0.15, -0.1) is 0 Å². The van der Waals surface area contributed by atoms with Crippen LogP contribution in [0.1, 0.15) is 5.56 Å². The van der Waals surface area contributed by atoms with E-state index >= 15 is 0 Å². The summed E-state index contributed by atoms with van der Waals surface area (Å²) >= 11 is 3.34. The zero-order valence-electron chi connectivity index (χ0n) is 10.3. The van der Waals surface area contributed by atoms with Crippen molar-refractivity contribution in [2.75, 3.05) is 13.2 Å². The van der Waals surface area contributed by atoms with Crippen molar-refractivity contribution in [1.29, 1.82) is 0 Å². The number of rotatable bonds is 4. The van der Waals surface area contributed by atoms with Gasteiger partial charge in [-0.1, -0.05) is 53.9 Å². The van der Waals surface area contributed by atoms with E-state index in [4.69, 9.17) is 10.2 Å². The van der Waals surface area contributed by atoms with Crippen LogP contribution in [0.5, 0.6) is 0 Å². The highest BCUT2D eigenvalue weighted by atomic mass is 79.9. The Morgan fingerprint density at radius 2 is 1.44 bits per heavy atom. The summed E-state index contributed by atoms with van der Waals surface area (Å²) in [7, 11) is 0. The van der Waals surface area contributed by atoms with Gasteiger partial charge in [-0.3, -0.25) is 0 Å². The van der Waals surface area contributed by atoms with Crippen LogP contribution in [0.3, 0.4) is 0 Å². The molecule has 1 rings (SSSR count). The van der Waals surface area contributed by atoms with Gasteiger partial charge in [0.2, 0.25) is 0 Å². The zero-order valence-corrected chi connectivity index (χ0v) is 11.8. The Morgan fingerprint density at radius 1 is 1.00 bits per heavy atom. The molecule has 0 heterocycles. The maximum Gasteiger partial charge on any atom is 0.0829 e. The van der Waals surface area contributed by atoms with Crippen molar-refractivity contribution in [3.8, 4) is 0 Å². The van der Waals surface area contributed by atoms with Gasteiger partial charge < -0.3 is 14.9 Å². The smallest absolute Gasteiger partial charge is 0.0829 e. The van der Waals surface area contributed by atoms with E-state index in [-0.39, 0.29) is 13.2 Å². The lowest BCUT2D eigenvalue weighted by atomic mass is 10.2. The van der Waals surface area contributed by atoms with Crippen LogP contribution in [-0.2, 0) is 4.74 Å². The van der Waals surface area contributed by atoms with Crippen LogP contribution in [-0.4, -0.2) is 23.4 Å². The Hall–Kier alpha value is -1.36. The first-order valence-electron chi connectivity index (χ1n) is 5.13. The van der Waals surface area contributed by atoms with Crippen molar-refractivity contribution in [1.82, 2.24) is 0 Å². The molecule has 0 unspecified atom stereocenters. The van der Waals surface area contributed by atoms with Crippen molar-refractivity contribution in [2.24, 2.45) is 0 Å².